The number of phenolic OH excluding ortho intramolecular Hbond substituents is 2. The highest BCUT2D eigenvalue weighted by molar-refractivity contribution is 6.26. The van der Waals surface area contributed by atoms with Crippen molar-refractivity contribution in [3.8, 4) is 23.0 Å². The Morgan fingerprint density at radius 3 is 1.45 bits per heavy atom. The van der Waals surface area contributed by atoms with E-state index in [1.165, 1.54) is 14.2 Å². The molecule has 0 aliphatic rings. The minimum absolute atomic E-state index is 0.114. The maximum absolute atomic E-state index is 10.1. The molecule has 0 heterocycles. The summed E-state index contributed by atoms with van der Waals surface area (Å²) < 4.78 is 10.7. The summed E-state index contributed by atoms with van der Waals surface area (Å²) >= 11 is 0. The lowest BCUT2D eigenvalue weighted by Crippen LogP contribution is -1.92. The van der Waals surface area contributed by atoms with E-state index >= 15 is 0 Å². The first-order chi connectivity index (χ1) is 10.7. The van der Waals surface area contributed by atoms with Crippen molar-refractivity contribution in [3.63, 3.8) is 0 Å². The lowest BCUT2D eigenvalue weighted by Gasteiger charge is -2.16. The van der Waals surface area contributed by atoms with Gasteiger partial charge in [0.25, 0.3) is 0 Å². The summed E-state index contributed by atoms with van der Waals surface area (Å²) in [6, 6.07) is 11.0. The number of benzene rings is 4. The Bertz CT molecular complexity index is 937. The van der Waals surface area contributed by atoms with Crippen LogP contribution in [-0.2, 0) is 0 Å². The maximum Gasteiger partial charge on any atom is 0.168 e. The highest BCUT2D eigenvalue weighted by Crippen LogP contribution is 2.47. The molecule has 22 heavy (non-hydrogen) atoms. The topological polar surface area (TPSA) is 58.9 Å². The Balaban J connectivity index is 2.34. The highest BCUT2D eigenvalue weighted by atomic mass is 16.5. The lowest BCUT2D eigenvalue weighted by atomic mass is 9.93. The van der Waals surface area contributed by atoms with E-state index in [-0.39, 0.29) is 11.5 Å². The van der Waals surface area contributed by atoms with Crippen LogP contribution in [0.3, 0.4) is 0 Å². The third-order valence-corrected chi connectivity index (χ3v) is 4.17. The van der Waals surface area contributed by atoms with Gasteiger partial charge in [0.05, 0.1) is 14.2 Å². The summed E-state index contributed by atoms with van der Waals surface area (Å²) in [6.07, 6.45) is 0. The van der Waals surface area contributed by atoms with Crippen molar-refractivity contribution in [1.29, 1.82) is 0 Å². The van der Waals surface area contributed by atoms with E-state index in [0.29, 0.717) is 11.5 Å². The normalized spacial score (nSPS) is 11.5. The molecular weight excluding hydrogens is 280 g/mol. The lowest BCUT2D eigenvalue weighted by molar-refractivity contribution is 0.378. The molecule has 0 aliphatic carbocycles. The minimum Gasteiger partial charge on any atom is -0.504 e. The van der Waals surface area contributed by atoms with Gasteiger partial charge in [0.1, 0.15) is 0 Å². The first kappa shape index (κ1) is 12.8. The zero-order valence-electron chi connectivity index (χ0n) is 12.2. The second-order valence-electron chi connectivity index (χ2n) is 5.28. The fourth-order valence-corrected chi connectivity index (χ4v) is 3.30. The Labute approximate surface area is 126 Å². The van der Waals surface area contributed by atoms with Gasteiger partial charge in [0.15, 0.2) is 23.0 Å². The fraction of sp³-hybridized carbons (Fsp3) is 0.111. The van der Waals surface area contributed by atoms with Gasteiger partial charge in [-0.25, -0.2) is 0 Å². The van der Waals surface area contributed by atoms with Crippen LogP contribution in [0, 0.1) is 0 Å². The van der Waals surface area contributed by atoms with E-state index in [2.05, 4.69) is 0 Å². The summed E-state index contributed by atoms with van der Waals surface area (Å²) in [5, 5.41) is 25.8. The number of aromatic hydroxyl groups is 2. The quantitative estimate of drug-likeness (QED) is 0.548. The van der Waals surface area contributed by atoms with Gasteiger partial charge >= 0.3 is 0 Å². The Kier molecular flexibility index (Phi) is 2.51. The molecule has 0 amide bonds. The summed E-state index contributed by atoms with van der Waals surface area (Å²) in [7, 11) is 3.08. The van der Waals surface area contributed by atoms with Crippen LogP contribution in [0.25, 0.3) is 32.3 Å². The molecule has 2 N–H and O–H groups in total. The van der Waals surface area contributed by atoms with E-state index in [1.54, 1.807) is 12.1 Å². The van der Waals surface area contributed by atoms with Crippen LogP contribution in [0.1, 0.15) is 0 Å². The predicted molar refractivity (Wildman–Crippen MR) is 86.6 cm³/mol. The Morgan fingerprint density at radius 2 is 1.09 bits per heavy atom. The largest absolute Gasteiger partial charge is 0.504 e. The van der Waals surface area contributed by atoms with Crippen molar-refractivity contribution in [2.75, 3.05) is 14.2 Å². The van der Waals surface area contributed by atoms with Crippen molar-refractivity contribution < 1.29 is 19.7 Å². The predicted octanol–water partition coefficient (Wildman–Crippen LogP) is 4.01. The first-order valence-electron chi connectivity index (χ1n) is 6.90. The van der Waals surface area contributed by atoms with Crippen LogP contribution in [0.4, 0.5) is 0 Å². The van der Waals surface area contributed by atoms with Gasteiger partial charge in [0, 0.05) is 21.5 Å². The van der Waals surface area contributed by atoms with Gasteiger partial charge in [-0.15, -0.1) is 0 Å². The van der Waals surface area contributed by atoms with Crippen LogP contribution < -0.4 is 9.47 Å². The summed E-state index contributed by atoms with van der Waals surface area (Å²) in [6.45, 7) is 0. The average molecular weight is 294 g/mol. The van der Waals surface area contributed by atoms with E-state index < -0.39 is 0 Å². The van der Waals surface area contributed by atoms with Gasteiger partial charge in [0.2, 0.25) is 0 Å². The second kappa shape index (κ2) is 4.31. The van der Waals surface area contributed by atoms with Crippen LogP contribution in [0.5, 0.6) is 23.0 Å². The van der Waals surface area contributed by atoms with E-state index in [0.717, 1.165) is 32.3 Å². The minimum atomic E-state index is 0.114. The molecule has 0 aliphatic heterocycles. The molecule has 4 nitrogen and oxygen atoms in total. The fourth-order valence-electron chi connectivity index (χ4n) is 3.30. The van der Waals surface area contributed by atoms with Crippen LogP contribution in [0.15, 0.2) is 36.4 Å². The number of phenols is 2. The zero-order chi connectivity index (χ0) is 15.4. The number of methoxy groups -OCH3 is 2. The monoisotopic (exact) mass is 294 g/mol. The molecule has 0 bridgehead atoms. The van der Waals surface area contributed by atoms with Crippen molar-refractivity contribution in [2.24, 2.45) is 0 Å². The van der Waals surface area contributed by atoms with Gasteiger partial charge in [-0.2, -0.15) is 0 Å². The standard InChI is InChI=1S/C18H14O4/c1-21-17-11-5-6-12-16-10(8-14(20)18(12)22-2)4-3-9(15(11)16)7-13(17)19/h3-8,19-20H,1-2H3. The average Bonchev–Trinajstić information content (AvgIpc) is 2.51. The van der Waals surface area contributed by atoms with Crippen molar-refractivity contribution in [2.45, 2.75) is 0 Å². The van der Waals surface area contributed by atoms with Gasteiger partial charge in [-0.05, 0) is 35.0 Å². The molecule has 0 aromatic heterocycles. The van der Waals surface area contributed by atoms with Crippen molar-refractivity contribution >= 4 is 32.3 Å². The maximum atomic E-state index is 10.1. The van der Waals surface area contributed by atoms with Crippen LogP contribution >= 0.6 is 0 Å². The molecular formula is C18H14O4. The molecule has 0 spiro atoms. The second-order valence-corrected chi connectivity index (χ2v) is 5.28. The number of hydrogen-bond donors (Lipinski definition) is 2. The molecule has 0 unspecified atom stereocenters. The number of hydrogen-bond acceptors (Lipinski definition) is 4. The van der Waals surface area contributed by atoms with Crippen molar-refractivity contribution in [1.82, 2.24) is 0 Å². The zero-order valence-corrected chi connectivity index (χ0v) is 12.2. The van der Waals surface area contributed by atoms with E-state index in [9.17, 15) is 10.2 Å². The van der Waals surface area contributed by atoms with Crippen LogP contribution in [0.2, 0.25) is 0 Å². The Morgan fingerprint density at radius 1 is 0.682 bits per heavy atom. The molecule has 0 atom stereocenters. The van der Waals surface area contributed by atoms with Gasteiger partial charge in [-0.3, -0.25) is 0 Å². The molecule has 4 aromatic rings. The van der Waals surface area contributed by atoms with E-state index in [4.69, 9.17) is 9.47 Å². The summed E-state index contributed by atoms with van der Waals surface area (Å²) in [5.74, 6) is 1.13. The smallest absolute Gasteiger partial charge is 0.168 e. The number of rotatable bonds is 2. The third kappa shape index (κ3) is 1.46. The highest BCUT2D eigenvalue weighted by Gasteiger charge is 2.18. The molecule has 110 valence electrons. The molecule has 0 saturated carbocycles. The molecule has 0 radical (unpaired) electrons. The number of ether oxygens (including phenoxy) is 2. The summed E-state index contributed by atoms with van der Waals surface area (Å²) in [4.78, 5) is 0. The molecule has 0 fully saturated rings. The van der Waals surface area contributed by atoms with Gasteiger partial charge in [-0.1, -0.05) is 12.1 Å². The third-order valence-electron chi connectivity index (χ3n) is 4.17. The van der Waals surface area contributed by atoms with Gasteiger partial charge < -0.3 is 19.7 Å². The first-order valence-corrected chi connectivity index (χ1v) is 6.90. The summed E-state index contributed by atoms with van der Waals surface area (Å²) in [5.41, 5.74) is 0. The van der Waals surface area contributed by atoms with E-state index in [1.807, 2.05) is 24.3 Å². The molecule has 0 saturated heterocycles. The SMILES string of the molecule is COc1c(O)cc2ccc3cc(O)c(OC)c4ccc1c2c34. The molecule has 4 heteroatoms. The van der Waals surface area contributed by atoms with Crippen molar-refractivity contribution in [3.05, 3.63) is 36.4 Å². The molecule has 4 aromatic carbocycles. The molecule has 4 rings (SSSR count). The van der Waals surface area contributed by atoms with Crippen LogP contribution in [-0.4, -0.2) is 24.4 Å². The Hall–Kier alpha value is -2.88.